The Labute approximate surface area is 151 Å². The Balaban J connectivity index is 1.88. The van der Waals surface area contributed by atoms with Gasteiger partial charge in [-0.15, -0.1) is 0 Å². The average molecular weight is 408 g/mol. The number of hydrogen-bond donors (Lipinski definition) is 0. The molecule has 2 aromatic carbocycles. The van der Waals surface area contributed by atoms with E-state index in [1.54, 1.807) is 25.1 Å². The number of nitro groups is 1. The zero-order valence-corrected chi connectivity index (χ0v) is 14.8. The molecule has 0 heterocycles. The number of nitro benzene ring substituents is 1. The van der Waals surface area contributed by atoms with Crippen LogP contribution in [0.15, 0.2) is 46.9 Å². The summed E-state index contributed by atoms with van der Waals surface area (Å²) < 4.78 is 10.9. The third-order valence-corrected chi connectivity index (χ3v) is 3.74. The molecule has 0 atom stereocenters. The van der Waals surface area contributed by atoms with Crippen molar-refractivity contribution in [1.82, 2.24) is 0 Å². The molecule has 0 aliphatic rings. The van der Waals surface area contributed by atoms with E-state index in [2.05, 4.69) is 15.9 Å². The van der Waals surface area contributed by atoms with Gasteiger partial charge in [-0.25, -0.2) is 4.79 Å². The topological polar surface area (TPSA) is 95.7 Å². The number of ketones is 1. The molecule has 0 spiro atoms. The van der Waals surface area contributed by atoms with Crippen molar-refractivity contribution in [3.63, 3.8) is 0 Å². The highest BCUT2D eigenvalue weighted by atomic mass is 79.9. The second-order valence-electron chi connectivity index (χ2n) is 5.09. The second-order valence-corrected chi connectivity index (χ2v) is 6.00. The summed E-state index contributed by atoms with van der Waals surface area (Å²) in [5, 5.41) is 10.9. The minimum Gasteiger partial charge on any atom is -0.482 e. The van der Waals surface area contributed by atoms with Crippen LogP contribution in [0, 0.1) is 17.0 Å². The smallest absolute Gasteiger partial charge is 0.344 e. The van der Waals surface area contributed by atoms with Gasteiger partial charge in [-0.05, 0) is 25.1 Å². The highest BCUT2D eigenvalue weighted by Crippen LogP contribution is 2.20. The van der Waals surface area contributed by atoms with E-state index in [0.717, 1.165) is 4.47 Å². The maximum Gasteiger partial charge on any atom is 0.344 e. The molecule has 2 rings (SSSR count). The molecular formula is C17H14BrNO6. The van der Waals surface area contributed by atoms with Crippen molar-refractivity contribution in [2.24, 2.45) is 0 Å². The maximum atomic E-state index is 12.0. The van der Waals surface area contributed by atoms with E-state index in [1.165, 1.54) is 18.2 Å². The van der Waals surface area contributed by atoms with Crippen LogP contribution in [0.5, 0.6) is 5.75 Å². The van der Waals surface area contributed by atoms with E-state index >= 15 is 0 Å². The van der Waals surface area contributed by atoms with E-state index in [0.29, 0.717) is 11.3 Å². The van der Waals surface area contributed by atoms with Gasteiger partial charge in [0.1, 0.15) is 5.75 Å². The van der Waals surface area contributed by atoms with Crippen LogP contribution in [-0.2, 0) is 9.53 Å². The van der Waals surface area contributed by atoms with Crippen molar-refractivity contribution in [3.8, 4) is 5.75 Å². The van der Waals surface area contributed by atoms with Crippen LogP contribution in [0.4, 0.5) is 5.69 Å². The molecule has 0 N–H and O–H groups in total. The number of halogens is 1. The molecule has 7 nitrogen and oxygen atoms in total. The summed E-state index contributed by atoms with van der Waals surface area (Å²) in [6.45, 7) is 0.713. The number of rotatable bonds is 7. The molecule has 130 valence electrons. The fourth-order valence-corrected chi connectivity index (χ4v) is 2.33. The van der Waals surface area contributed by atoms with Crippen LogP contribution in [-0.4, -0.2) is 29.9 Å². The highest BCUT2D eigenvalue weighted by molar-refractivity contribution is 9.10. The van der Waals surface area contributed by atoms with Crippen molar-refractivity contribution in [1.29, 1.82) is 0 Å². The zero-order chi connectivity index (χ0) is 18.4. The van der Waals surface area contributed by atoms with Crippen LogP contribution in [0.25, 0.3) is 0 Å². The lowest BCUT2D eigenvalue weighted by atomic mass is 10.1. The molecule has 0 amide bonds. The first-order chi connectivity index (χ1) is 11.9. The quantitative estimate of drug-likeness (QED) is 0.301. The maximum absolute atomic E-state index is 12.0. The molecule has 2 aromatic rings. The molecule has 0 unspecified atom stereocenters. The van der Waals surface area contributed by atoms with Gasteiger partial charge in [0, 0.05) is 21.7 Å². The van der Waals surface area contributed by atoms with Gasteiger partial charge in [0.15, 0.2) is 13.2 Å². The molecule has 0 radical (unpaired) electrons. The first-order valence-corrected chi connectivity index (χ1v) is 7.98. The molecule has 0 saturated carbocycles. The summed E-state index contributed by atoms with van der Waals surface area (Å²) >= 11 is 3.28. The standard InChI is InChI=1S/C17H14BrNO6/c1-11-5-6-12(7-15(11)19(22)23)16(20)9-25-17(21)10-24-14-4-2-3-13(18)8-14/h2-8H,9-10H2,1H3. The summed E-state index contributed by atoms with van der Waals surface area (Å²) in [4.78, 5) is 34.0. The fraction of sp³-hybridized carbons (Fsp3) is 0.176. The predicted octanol–water partition coefficient (Wildman–Crippen LogP) is 3.47. The number of carbonyl (C=O) groups excluding carboxylic acids is 2. The van der Waals surface area contributed by atoms with Crippen LogP contribution in [0.2, 0.25) is 0 Å². The van der Waals surface area contributed by atoms with Crippen molar-refractivity contribution < 1.29 is 24.0 Å². The minimum absolute atomic E-state index is 0.109. The van der Waals surface area contributed by atoms with E-state index in [9.17, 15) is 19.7 Å². The number of Topliss-reactive ketones (excluding diaryl/α,β-unsaturated/α-hetero) is 1. The van der Waals surface area contributed by atoms with Crippen LogP contribution in [0.3, 0.4) is 0 Å². The van der Waals surface area contributed by atoms with Gasteiger partial charge in [0.2, 0.25) is 5.78 Å². The lowest BCUT2D eigenvalue weighted by Gasteiger charge is -2.07. The molecule has 25 heavy (non-hydrogen) atoms. The summed E-state index contributed by atoms with van der Waals surface area (Å²) in [5.41, 5.74) is 0.397. The lowest BCUT2D eigenvalue weighted by Crippen LogP contribution is -2.19. The van der Waals surface area contributed by atoms with Gasteiger partial charge in [-0.2, -0.15) is 0 Å². The largest absolute Gasteiger partial charge is 0.482 e. The van der Waals surface area contributed by atoms with Crippen LogP contribution in [0.1, 0.15) is 15.9 Å². The van der Waals surface area contributed by atoms with Gasteiger partial charge in [-0.3, -0.25) is 14.9 Å². The number of carbonyl (C=O) groups is 2. The second kappa shape index (κ2) is 8.39. The molecule has 0 aliphatic heterocycles. The molecule has 8 heteroatoms. The molecular weight excluding hydrogens is 394 g/mol. The number of esters is 1. The number of hydrogen-bond acceptors (Lipinski definition) is 6. The third-order valence-electron chi connectivity index (χ3n) is 3.24. The van der Waals surface area contributed by atoms with E-state index in [1.807, 2.05) is 6.07 Å². The van der Waals surface area contributed by atoms with Crippen LogP contribution < -0.4 is 4.74 Å². The first-order valence-electron chi connectivity index (χ1n) is 7.19. The Morgan fingerprint density at radius 1 is 1.16 bits per heavy atom. The minimum atomic E-state index is -0.713. The fourth-order valence-electron chi connectivity index (χ4n) is 1.95. The summed E-state index contributed by atoms with van der Waals surface area (Å²) in [6.07, 6.45) is 0. The van der Waals surface area contributed by atoms with E-state index in [4.69, 9.17) is 9.47 Å². The Bertz CT molecular complexity index is 821. The molecule has 0 bridgehead atoms. The van der Waals surface area contributed by atoms with Crippen molar-refractivity contribution in [2.75, 3.05) is 13.2 Å². The molecule has 0 aromatic heterocycles. The van der Waals surface area contributed by atoms with E-state index in [-0.39, 0.29) is 17.9 Å². The Morgan fingerprint density at radius 3 is 2.60 bits per heavy atom. The number of nitrogens with zero attached hydrogens (tertiary/aromatic N) is 1. The average Bonchev–Trinajstić information content (AvgIpc) is 2.58. The Morgan fingerprint density at radius 2 is 1.92 bits per heavy atom. The van der Waals surface area contributed by atoms with Crippen LogP contribution >= 0.6 is 15.9 Å². The van der Waals surface area contributed by atoms with Gasteiger partial charge in [-0.1, -0.05) is 34.1 Å². The highest BCUT2D eigenvalue weighted by Gasteiger charge is 2.16. The lowest BCUT2D eigenvalue weighted by molar-refractivity contribution is -0.385. The summed E-state index contributed by atoms with van der Waals surface area (Å²) in [5.74, 6) is -0.763. The van der Waals surface area contributed by atoms with Gasteiger partial charge < -0.3 is 9.47 Å². The number of ether oxygens (including phenoxy) is 2. The SMILES string of the molecule is Cc1ccc(C(=O)COC(=O)COc2cccc(Br)c2)cc1[N+](=O)[O-]. The molecule has 0 saturated heterocycles. The summed E-state index contributed by atoms with van der Waals surface area (Å²) in [6, 6.07) is 11.0. The van der Waals surface area contributed by atoms with Crippen molar-refractivity contribution >= 4 is 33.4 Å². The van der Waals surface area contributed by atoms with Crippen molar-refractivity contribution in [3.05, 3.63) is 68.2 Å². The Kier molecular flexibility index (Phi) is 6.24. The van der Waals surface area contributed by atoms with Gasteiger partial charge in [0.25, 0.3) is 5.69 Å². The zero-order valence-electron chi connectivity index (χ0n) is 13.2. The molecule has 0 fully saturated rings. The normalized spacial score (nSPS) is 10.2. The van der Waals surface area contributed by atoms with Crippen molar-refractivity contribution in [2.45, 2.75) is 6.92 Å². The van der Waals surface area contributed by atoms with Gasteiger partial charge in [0.05, 0.1) is 4.92 Å². The number of benzene rings is 2. The first kappa shape index (κ1) is 18.6. The monoisotopic (exact) mass is 407 g/mol. The summed E-state index contributed by atoms with van der Waals surface area (Å²) in [7, 11) is 0. The van der Waals surface area contributed by atoms with E-state index < -0.39 is 23.3 Å². The third kappa shape index (κ3) is 5.39. The number of aryl methyl sites for hydroxylation is 1. The molecule has 0 aliphatic carbocycles. The Hall–Kier alpha value is -2.74. The predicted molar refractivity (Wildman–Crippen MR) is 92.8 cm³/mol. The van der Waals surface area contributed by atoms with Gasteiger partial charge >= 0.3 is 5.97 Å².